The van der Waals surface area contributed by atoms with Crippen LogP contribution < -0.4 is 0 Å². The summed E-state index contributed by atoms with van der Waals surface area (Å²) >= 11 is 0. The molecule has 2 nitrogen and oxygen atoms in total. The van der Waals surface area contributed by atoms with Crippen LogP contribution in [0.15, 0.2) is 42.6 Å². The second-order valence-electron chi connectivity index (χ2n) is 3.17. The zero-order chi connectivity index (χ0) is 11.5. The number of hydrogen-bond donors (Lipinski definition) is 0. The average molecular weight is 219 g/mol. The minimum atomic E-state index is -0.753. The van der Waals surface area contributed by atoms with Crippen molar-refractivity contribution >= 4 is 5.78 Å². The molecule has 0 unspecified atom stereocenters. The first-order chi connectivity index (χ1) is 7.68. The van der Waals surface area contributed by atoms with Crippen LogP contribution in [0, 0.1) is 11.6 Å². The Bertz CT molecular complexity index is 526. The Morgan fingerprint density at radius 2 is 1.94 bits per heavy atom. The van der Waals surface area contributed by atoms with E-state index in [1.165, 1.54) is 12.3 Å². The molecule has 2 aromatic rings. The molecule has 4 heteroatoms. The van der Waals surface area contributed by atoms with E-state index in [-0.39, 0.29) is 11.3 Å². The van der Waals surface area contributed by atoms with E-state index < -0.39 is 17.4 Å². The van der Waals surface area contributed by atoms with Gasteiger partial charge in [0.25, 0.3) is 0 Å². The maximum absolute atomic E-state index is 13.3. The fourth-order valence-electron chi connectivity index (χ4n) is 1.31. The minimum Gasteiger partial charge on any atom is -0.287 e. The van der Waals surface area contributed by atoms with Gasteiger partial charge >= 0.3 is 0 Å². The fraction of sp³-hybridized carbons (Fsp3) is 0. The van der Waals surface area contributed by atoms with Crippen molar-refractivity contribution in [3.63, 3.8) is 0 Å². The molecule has 80 valence electrons. The minimum absolute atomic E-state index is 0.0898. The topological polar surface area (TPSA) is 30.0 Å². The molecule has 0 atom stereocenters. The monoisotopic (exact) mass is 219 g/mol. The number of rotatable bonds is 2. The fourth-order valence-corrected chi connectivity index (χ4v) is 1.31. The lowest BCUT2D eigenvalue weighted by molar-refractivity contribution is 0.103. The van der Waals surface area contributed by atoms with E-state index in [1.807, 2.05) is 0 Å². The molecule has 0 aliphatic heterocycles. The standard InChI is InChI=1S/C12H7F2NO/c13-8-4-5-10(14)9(7-8)12(16)11-3-1-2-6-15-11/h1-7H. The third-order valence-corrected chi connectivity index (χ3v) is 2.07. The maximum Gasteiger partial charge on any atom is 0.214 e. The molecule has 0 bridgehead atoms. The molecule has 1 heterocycles. The number of hydrogen-bond acceptors (Lipinski definition) is 2. The van der Waals surface area contributed by atoms with Crippen molar-refractivity contribution in [2.45, 2.75) is 0 Å². The first kappa shape index (κ1) is 10.4. The number of aromatic nitrogens is 1. The predicted molar refractivity (Wildman–Crippen MR) is 54.0 cm³/mol. The summed E-state index contributed by atoms with van der Waals surface area (Å²) in [6.07, 6.45) is 1.42. The number of ketones is 1. The van der Waals surface area contributed by atoms with E-state index in [9.17, 15) is 13.6 Å². The highest BCUT2D eigenvalue weighted by Gasteiger charge is 2.15. The number of halogens is 2. The van der Waals surface area contributed by atoms with Gasteiger partial charge in [-0.1, -0.05) is 6.07 Å². The van der Waals surface area contributed by atoms with E-state index >= 15 is 0 Å². The summed E-state index contributed by atoms with van der Waals surface area (Å²) in [5.41, 5.74) is -0.217. The third kappa shape index (κ3) is 1.95. The highest BCUT2D eigenvalue weighted by Crippen LogP contribution is 2.13. The molecule has 0 amide bonds. The average Bonchev–Trinajstić information content (AvgIpc) is 2.32. The SMILES string of the molecule is O=C(c1ccccn1)c1cc(F)ccc1F. The quantitative estimate of drug-likeness (QED) is 0.726. The highest BCUT2D eigenvalue weighted by atomic mass is 19.1. The van der Waals surface area contributed by atoms with Gasteiger partial charge in [0.05, 0.1) is 5.56 Å². The van der Waals surface area contributed by atoms with Crippen molar-refractivity contribution in [1.82, 2.24) is 4.98 Å². The summed E-state index contributed by atoms with van der Waals surface area (Å²) < 4.78 is 26.2. The van der Waals surface area contributed by atoms with Crippen molar-refractivity contribution in [1.29, 1.82) is 0 Å². The summed E-state index contributed by atoms with van der Waals surface area (Å²) in [4.78, 5) is 15.5. The van der Waals surface area contributed by atoms with Crippen LogP contribution in [0.1, 0.15) is 16.1 Å². The Balaban J connectivity index is 2.46. The zero-order valence-electron chi connectivity index (χ0n) is 8.15. The predicted octanol–water partition coefficient (Wildman–Crippen LogP) is 2.59. The van der Waals surface area contributed by atoms with E-state index in [4.69, 9.17) is 0 Å². The van der Waals surface area contributed by atoms with Gasteiger partial charge in [-0.3, -0.25) is 9.78 Å². The van der Waals surface area contributed by atoms with Crippen LogP contribution in [0.3, 0.4) is 0 Å². The largest absolute Gasteiger partial charge is 0.287 e. The molecule has 0 radical (unpaired) electrons. The smallest absolute Gasteiger partial charge is 0.214 e. The zero-order valence-corrected chi connectivity index (χ0v) is 8.15. The van der Waals surface area contributed by atoms with Gasteiger partial charge in [-0.2, -0.15) is 0 Å². The van der Waals surface area contributed by atoms with Crippen molar-refractivity contribution < 1.29 is 13.6 Å². The summed E-state index contributed by atoms with van der Waals surface area (Å²) in [7, 11) is 0. The Hall–Kier alpha value is -2.10. The van der Waals surface area contributed by atoms with Gasteiger partial charge in [-0.05, 0) is 30.3 Å². The molecule has 0 N–H and O–H groups in total. The normalized spacial score (nSPS) is 10.1. The lowest BCUT2D eigenvalue weighted by atomic mass is 10.1. The maximum atomic E-state index is 13.3. The van der Waals surface area contributed by atoms with E-state index in [2.05, 4.69) is 4.98 Å². The van der Waals surface area contributed by atoms with Crippen molar-refractivity contribution in [3.05, 3.63) is 65.5 Å². The summed E-state index contributed by atoms with van der Waals surface area (Å²) in [5.74, 6) is -2.03. The third-order valence-electron chi connectivity index (χ3n) is 2.07. The highest BCUT2D eigenvalue weighted by molar-refractivity contribution is 6.07. The number of carbonyl (C=O) groups excluding carboxylic acids is 1. The van der Waals surface area contributed by atoms with Crippen LogP contribution in [0.2, 0.25) is 0 Å². The van der Waals surface area contributed by atoms with Crippen LogP contribution >= 0.6 is 0 Å². The molecular weight excluding hydrogens is 212 g/mol. The number of carbonyl (C=O) groups is 1. The number of nitrogens with zero attached hydrogens (tertiary/aromatic N) is 1. The van der Waals surface area contributed by atoms with Gasteiger partial charge < -0.3 is 0 Å². The first-order valence-electron chi connectivity index (χ1n) is 4.59. The molecule has 0 aliphatic carbocycles. The van der Waals surface area contributed by atoms with Gasteiger partial charge in [-0.25, -0.2) is 8.78 Å². The summed E-state index contributed by atoms with van der Waals surface area (Å²) in [6.45, 7) is 0. The molecule has 0 saturated carbocycles. The Morgan fingerprint density at radius 1 is 1.12 bits per heavy atom. The lowest BCUT2D eigenvalue weighted by Gasteiger charge is -2.01. The van der Waals surface area contributed by atoms with Gasteiger partial charge in [0.2, 0.25) is 5.78 Å². The van der Waals surface area contributed by atoms with E-state index in [1.54, 1.807) is 12.1 Å². The molecule has 0 fully saturated rings. The van der Waals surface area contributed by atoms with Crippen LogP contribution in [0.4, 0.5) is 8.78 Å². The van der Waals surface area contributed by atoms with Crippen LogP contribution in [0.25, 0.3) is 0 Å². The van der Waals surface area contributed by atoms with Crippen LogP contribution in [-0.2, 0) is 0 Å². The summed E-state index contributed by atoms with van der Waals surface area (Å²) in [5, 5.41) is 0. The molecular formula is C12H7F2NO. The number of pyridine rings is 1. The van der Waals surface area contributed by atoms with Crippen LogP contribution in [0.5, 0.6) is 0 Å². The van der Waals surface area contributed by atoms with Crippen molar-refractivity contribution in [2.75, 3.05) is 0 Å². The molecule has 2 rings (SSSR count). The molecule has 0 saturated heterocycles. The Kier molecular flexibility index (Phi) is 2.72. The molecule has 0 aliphatic rings. The molecule has 1 aromatic heterocycles. The van der Waals surface area contributed by atoms with E-state index in [0.29, 0.717) is 0 Å². The lowest BCUT2D eigenvalue weighted by Crippen LogP contribution is -2.06. The Labute approximate surface area is 90.6 Å². The van der Waals surface area contributed by atoms with E-state index in [0.717, 1.165) is 18.2 Å². The van der Waals surface area contributed by atoms with Gasteiger partial charge in [-0.15, -0.1) is 0 Å². The van der Waals surface area contributed by atoms with Crippen LogP contribution in [-0.4, -0.2) is 10.8 Å². The van der Waals surface area contributed by atoms with Gasteiger partial charge in [0.1, 0.15) is 17.3 Å². The molecule has 16 heavy (non-hydrogen) atoms. The van der Waals surface area contributed by atoms with Crippen molar-refractivity contribution in [2.24, 2.45) is 0 Å². The second-order valence-corrected chi connectivity index (χ2v) is 3.17. The second kappa shape index (κ2) is 4.18. The Morgan fingerprint density at radius 3 is 2.62 bits per heavy atom. The summed E-state index contributed by atoms with van der Waals surface area (Å²) in [6, 6.07) is 7.45. The van der Waals surface area contributed by atoms with Crippen molar-refractivity contribution in [3.8, 4) is 0 Å². The number of benzene rings is 1. The van der Waals surface area contributed by atoms with Gasteiger partial charge in [0, 0.05) is 6.20 Å². The van der Waals surface area contributed by atoms with Gasteiger partial charge in [0.15, 0.2) is 0 Å². The molecule has 0 spiro atoms. The first-order valence-corrected chi connectivity index (χ1v) is 4.59. The molecule has 1 aromatic carbocycles.